The maximum atomic E-state index is 14.7. The number of rotatable bonds is 17. The van der Waals surface area contributed by atoms with Crippen molar-refractivity contribution >= 4 is 54.2 Å². The highest BCUT2D eigenvalue weighted by Gasteiger charge is 2.50. The van der Waals surface area contributed by atoms with Crippen LogP contribution in [0.15, 0.2) is 78.1 Å². The number of amides is 1. The second-order valence-corrected chi connectivity index (χ2v) is 24.7. The molecular weight excluding hydrogens is 980 g/mol. The first-order valence-electron chi connectivity index (χ1n) is 25.1. The van der Waals surface area contributed by atoms with Crippen molar-refractivity contribution in [1.82, 2.24) is 34.2 Å². The molecule has 5 heterocycles. The molecule has 3 aromatic heterocycles. The fourth-order valence-electron chi connectivity index (χ4n) is 11.2. The van der Waals surface area contributed by atoms with Crippen LogP contribution in [-0.2, 0) is 20.0 Å². The van der Waals surface area contributed by atoms with E-state index in [2.05, 4.69) is 77.8 Å². The third kappa shape index (κ3) is 11.6. The van der Waals surface area contributed by atoms with Crippen LogP contribution in [0.25, 0.3) is 11.0 Å². The number of hydrogen-bond acceptors (Lipinski definition) is 15. The molecule has 2 aliphatic heterocycles. The van der Waals surface area contributed by atoms with Crippen molar-refractivity contribution in [3.63, 3.8) is 0 Å². The summed E-state index contributed by atoms with van der Waals surface area (Å²) in [4.78, 5) is 43.1. The van der Waals surface area contributed by atoms with E-state index in [0.29, 0.717) is 63.8 Å². The minimum Gasteiger partial charge on any atom is -0.455 e. The van der Waals surface area contributed by atoms with Gasteiger partial charge in [0.25, 0.3) is 15.9 Å². The Hall–Kier alpha value is -5.78. The van der Waals surface area contributed by atoms with E-state index in [9.17, 15) is 41.2 Å². The van der Waals surface area contributed by atoms with Gasteiger partial charge in [-0.3, -0.25) is 24.7 Å². The van der Waals surface area contributed by atoms with E-state index >= 15 is 0 Å². The number of aromatic nitrogens is 3. The summed E-state index contributed by atoms with van der Waals surface area (Å²) in [6.45, 7) is 10.8. The summed E-state index contributed by atoms with van der Waals surface area (Å²) in [5.41, 5.74) is 2.24. The lowest BCUT2D eigenvalue weighted by molar-refractivity contribution is -0.384. The average molecular weight is 1050 g/mol. The van der Waals surface area contributed by atoms with Gasteiger partial charge >= 0.3 is 5.69 Å². The number of carbonyl (C=O) groups excluding carboxylic acids is 1. The van der Waals surface area contributed by atoms with Gasteiger partial charge < -0.3 is 25.0 Å². The van der Waals surface area contributed by atoms with Crippen molar-refractivity contribution in [2.75, 3.05) is 68.8 Å². The molecule has 22 heteroatoms. The number of nitrogens with one attached hydrogen (secondary N) is 4. The van der Waals surface area contributed by atoms with Crippen LogP contribution in [0.2, 0.25) is 0 Å². The van der Waals surface area contributed by atoms with Gasteiger partial charge in [0.2, 0.25) is 15.8 Å². The number of carbonyl (C=O) groups is 1. The van der Waals surface area contributed by atoms with E-state index < -0.39 is 52.9 Å². The van der Waals surface area contributed by atoms with Gasteiger partial charge in [0.05, 0.1) is 39.6 Å². The van der Waals surface area contributed by atoms with Crippen LogP contribution in [-0.4, -0.2) is 128 Å². The average Bonchev–Trinajstić information content (AvgIpc) is 3.73. The van der Waals surface area contributed by atoms with Crippen molar-refractivity contribution in [2.45, 2.75) is 101 Å². The van der Waals surface area contributed by atoms with Crippen LogP contribution < -0.4 is 24.4 Å². The van der Waals surface area contributed by atoms with Gasteiger partial charge in [-0.1, -0.05) is 38.1 Å². The smallest absolute Gasteiger partial charge is 0.312 e. The number of anilines is 2. The molecule has 5 aromatic rings. The first kappa shape index (κ1) is 52.1. The lowest BCUT2D eigenvalue weighted by Gasteiger charge is -2.58. The van der Waals surface area contributed by atoms with Gasteiger partial charge in [-0.05, 0) is 112 Å². The zero-order valence-corrected chi connectivity index (χ0v) is 43.3. The fourth-order valence-corrected chi connectivity index (χ4v) is 12.9. The summed E-state index contributed by atoms with van der Waals surface area (Å²) in [5, 5.41) is 25.6. The summed E-state index contributed by atoms with van der Waals surface area (Å²) in [7, 11) is -6.61. The highest BCUT2D eigenvalue weighted by atomic mass is 32.2. The molecule has 2 saturated carbocycles. The quantitative estimate of drug-likeness (QED) is 0.0463. The number of fused-ring (bicyclic) bond motifs is 1. The molecule has 1 atom stereocenters. The minimum absolute atomic E-state index is 0.0189. The number of halogens is 1. The molecule has 73 heavy (non-hydrogen) atoms. The normalized spacial score (nSPS) is 22.1. The number of H-pyrrole nitrogens is 1. The molecule has 2 aromatic carbocycles. The molecule has 4 aliphatic rings. The molecule has 0 radical (unpaired) electrons. The summed E-state index contributed by atoms with van der Waals surface area (Å²) in [6, 6.07) is 16.2. The van der Waals surface area contributed by atoms with Crippen LogP contribution in [0.1, 0.15) is 106 Å². The van der Waals surface area contributed by atoms with E-state index in [-0.39, 0.29) is 57.0 Å². The maximum absolute atomic E-state index is 14.7. The largest absolute Gasteiger partial charge is 0.455 e. The Morgan fingerprint density at radius 1 is 1.00 bits per heavy atom. The molecule has 0 unspecified atom stereocenters. The van der Waals surface area contributed by atoms with E-state index in [1.54, 1.807) is 19.1 Å². The van der Waals surface area contributed by atoms with E-state index in [4.69, 9.17) is 4.74 Å². The van der Waals surface area contributed by atoms with Gasteiger partial charge in [-0.25, -0.2) is 40.6 Å². The van der Waals surface area contributed by atoms with Crippen LogP contribution in [0.5, 0.6) is 11.5 Å². The number of pyridine rings is 2. The Kier molecular flexibility index (Phi) is 14.9. The molecule has 9 rings (SSSR count). The first-order valence-corrected chi connectivity index (χ1v) is 28.2. The van der Waals surface area contributed by atoms with Crippen molar-refractivity contribution in [3.8, 4) is 11.5 Å². The zero-order valence-electron chi connectivity index (χ0n) is 41.6. The molecule has 5 N–H and O–H groups in total. The van der Waals surface area contributed by atoms with E-state index in [0.717, 1.165) is 69.5 Å². The fraction of sp³-hybridized carbons (Fsp3) is 0.510. The monoisotopic (exact) mass is 1040 g/mol. The van der Waals surface area contributed by atoms with Gasteiger partial charge in [0.15, 0.2) is 0 Å². The number of aromatic amines is 1. The molecule has 4 fully saturated rings. The highest BCUT2D eigenvalue weighted by Crippen LogP contribution is 2.53. The molecule has 392 valence electrons. The Balaban J connectivity index is 0.901. The van der Waals surface area contributed by atoms with Crippen molar-refractivity contribution < 1.29 is 40.8 Å². The van der Waals surface area contributed by atoms with Crippen molar-refractivity contribution in [3.05, 3.63) is 106 Å². The topological polar surface area (TPSA) is 245 Å². The Labute approximate surface area is 425 Å². The van der Waals surface area contributed by atoms with Crippen molar-refractivity contribution in [1.29, 1.82) is 0 Å². The van der Waals surface area contributed by atoms with Crippen LogP contribution in [0, 0.1) is 27.3 Å². The number of piperazine rings is 1. The Bertz CT molecular complexity index is 3070. The number of ether oxygens (including phenoxy) is 1. The van der Waals surface area contributed by atoms with Crippen LogP contribution >= 0.6 is 0 Å². The summed E-state index contributed by atoms with van der Waals surface area (Å²) < 4.78 is 77.7. The standard InChI is InChI=1S/C51H65FN10O9S2/c1-33(2)39-7-5-6-8-40(39)45-32-59(21-22-72(67,68)53-4)19-20-61(45)36-26-51(27-36)15-17-60(18-16-51)35-9-10-41(46(23-35)71-37-24-42-43(52)31-57-47(42)55-29-37)49(63)58-73(69,70)38-25-44(62(65)66)48(56-30-38)54-28-34-11-13-50(3,64)14-12-34/h5-10,23-25,29-31,33-34,36,45,53,64H,11-22,26-28,32H2,1-4H3,(H,54,56)(H,55,57)(H,58,63)/t34?,45-,50?/m0/s1. The maximum Gasteiger partial charge on any atom is 0.312 e. The Morgan fingerprint density at radius 2 is 1.74 bits per heavy atom. The molecule has 2 aliphatic carbocycles. The predicted molar refractivity (Wildman–Crippen MR) is 275 cm³/mol. The molecule has 1 spiro atoms. The number of nitro groups is 1. The zero-order chi connectivity index (χ0) is 51.9. The number of hydrogen-bond donors (Lipinski definition) is 5. The lowest BCUT2D eigenvalue weighted by Crippen LogP contribution is -2.60. The van der Waals surface area contributed by atoms with Gasteiger partial charge in [0.1, 0.15) is 27.9 Å². The number of aliphatic hydroxyl groups is 1. The Morgan fingerprint density at radius 3 is 2.45 bits per heavy atom. The second-order valence-electron chi connectivity index (χ2n) is 20.9. The first-order chi connectivity index (χ1) is 34.7. The second kappa shape index (κ2) is 20.9. The van der Waals surface area contributed by atoms with Crippen LogP contribution in [0.3, 0.4) is 0 Å². The van der Waals surface area contributed by atoms with Crippen molar-refractivity contribution in [2.24, 2.45) is 11.3 Å². The molecule has 2 saturated heterocycles. The summed E-state index contributed by atoms with van der Waals surface area (Å²) in [5.74, 6) is -1.17. The summed E-state index contributed by atoms with van der Waals surface area (Å²) >= 11 is 0. The number of benzene rings is 2. The minimum atomic E-state index is -4.72. The molecule has 1 amide bonds. The predicted octanol–water partition coefficient (Wildman–Crippen LogP) is 7.05. The third-order valence-electron chi connectivity index (χ3n) is 15.7. The third-order valence-corrected chi connectivity index (χ3v) is 18.3. The van der Waals surface area contributed by atoms with Gasteiger partial charge in [-0.15, -0.1) is 0 Å². The molecule has 0 bridgehead atoms. The van der Waals surface area contributed by atoms with Gasteiger partial charge in [0, 0.05) is 81.9 Å². The molecular formula is C51H65FN10O9S2. The highest BCUT2D eigenvalue weighted by molar-refractivity contribution is 7.90. The van der Waals surface area contributed by atoms with Crippen LogP contribution in [0.4, 0.5) is 21.6 Å². The number of sulfonamides is 2. The SMILES string of the molecule is CNS(=O)(=O)CCN1CCN(C2CC3(CCN(c4ccc(C(=O)NS(=O)(=O)c5cnc(NCC6CCC(C)(O)CC6)c([N+](=O)[O-])c5)c(Oc5cnc6[nH]cc(F)c6c5)c4)CC3)C2)[C@H](c2ccccc2C(C)C)C1. The molecule has 19 nitrogen and oxygen atoms in total. The van der Waals surface area contributed by atoms with E-state index in [1.807, 2.05) is 4.72 Å². The number of piperidine rings is 1. The number of nitrogens with zero attached hydrogens (tertiary/aromatic N) is 6. The summed E-state index contributed by atoms with van der Waals surface area (Å²) in [6.07, 6.45) is 9.97. The van der Waals surface area contributed by atoms with Gasteiger partial charge in [-0.2, -0.15) is 0 Å². The lowest BCUT2D eigenvalue weighted by atomic mass is 9.59. The van der Waals surface area contributed by atoms with E-state index in [1.165, 1.54) is 36.5 Å².